The lowest BCUT2D eigenvalue weighted by molar-refractivity contribution is -0.405. The van der Waals surface area contributed by atoms with Gasteiger partial charge in [-0.05, 0) is 24.6 Å². The van der Waals surface area contributed by atoms with Gasteiger partial charge in [0.1, 0.15) is 6.07 Å². The number of fused-ring (bicyclic) bond motifs is 1. The number of rotatable bonds is 3. The first kappa shape index (κ1) is 21.0. The van der Waals surface area contributed by atoms with E-state index in [0.29, 0.717) is 0 Å². The first-order chi connectivity index (χ1) is 13.5. The third kappa shape index (κ3) is 4.53. The van der Waals surface area contributed by atoms with E-state index in [0.717, 1.165) is 0 Å². The molecule has 0 unspecified atom stereocenters. The molecule has 0 aromatic heterocycles. The zero-order chi connectivity index (χ0) is 21.9. The lowest BCUT2D eigenvalue weighted by Crippen LogP contribution is -1.98. The average molecular weight is 401 g/mol. The fraction of sp³-hybridized carbons (Fsp3) is 0.111. The van der Waals surface area contributed by atoms with Gasteiger partial charge in [0, 0.05) is 0 Å². The highest BCUT2D eigenvalue weighted by molar-refractivity contribution is 5.83. The third-order valence-corrected chi connectivity index (χ3v) is 3.93. The minimum absolute atomic E-state index is 0.234. The van der Waals surface area contributed by atoms with E-state index in [1.807, 2.05) is 0 Å². The minimum atomic E-state index is -1.48. The van der Waals surface area contributed by atoms with E-state index in [1.165, 1.54) is 21.9 Å². The Balaban J connectivity index is 0.000000218. The summed E-state index contributed by atoms with van der Waals surface area (Å²) in [6.45, 7) is 4.25. The van der Waals surface area contributed by atoms with Crippen LogP contribution in [0.4, 0.5) is 17.1 Å². The second-order valence-electron chi connectivity index (χ2n) is 6.09. The molecular formula is C18H15N3O8. The van der Waals surface area contributed by atoms with Crippen LogP contribution in [0.1, 0.15) is 11.1 Å². The van der Waals surface area contributed by atoms with Crippen molar-refractivity contribution < 1.29 is 25.0 Å². The molecule has 0 heterocycles. The highest BCUT2D eigenvalue weighted by atomic mass is 16.6. The van der Waals surface area contributed by atoms with Crippen LogP contribution in [0.15, 0.2) is 42.5 Å². The molecule has 0 saturated carbocycles. The lowest BCUT2D eigenvalue weighted by Gasteiger charge is -2.00. The summed E-state index contributed by atoms with van der Waals surface area (Å²) in [6, 6.07) is 13.3. The topological polar surface area (TPSA) is 170 Å². The van der Waals surface area contributed by atoms with Crippen molar-refractivity contribution in [3.63, 3.8) is 0 Å². The molecule has 11 heteroatoms. The van der Waals surface area contributed by atoms with Crippen LogP contribution in [0.2, 0.25) is 0 Å². The Kier molecular flexibility index (Phi) is 5.92. The number of aromatic hydroxyl groups is 2. The molecular weight excluding hydrogens is 386 g/mol. The molecule has 0 spiro atoms. The Morgan fingerprint density at radius 1 is 0.655 bits per heavy atom. The molecule has 0 radical (unpaired) electrons. The zero-order valence-electron chi connectivity index (χ0n) is 15.2. The monoisotopic (exact) mass is 401 g/mol. The van der Waals surface area contributed by atoms with Crippen molar-refractivity contribution in [2.45, 2.75) is 13.8 Å². The van der Waals surface area contributed by atoms with E-state index in [1.54, 1.807) is 0 Å². The van der Waals surface area contributed by atoms with Gasteiger partial charge in [0.05, 0.1) is 14.8 Å². The van der Waals surface area contributed by atoms with Crippen molar-refractivity contribution in [3.05, 3.63) is 83.9 Å². The molecule has 2 N–H and O–H groups in total. The summed E-state index contributed by atoms with van der Waals surface area (Å²) in [6.07, 6.45) is 0. The van der Waals surface area contributed by atoms with Gasteiger partial charge in [-0.15, -0.1) is 0 Å². The Morgan fingerprint density at radius 2 is 1.07 bits per heavy atom. The van der Waals surface area contributed by atoms with Gasteiger partial charge in [-0.25, -0.2) is 0 Å². The van der Waals surface area contributed by atoms with Gasteiger partial charge in [0.15, 0.2) is 0 Å². The number of phenolic OH excluding ortho intramolecular Hbond substituents is 2. The molecule has 3 aromatic carbocycles. The first-order valence-electron chi connectivity index (χ1n) is 8.02. The number of phenols is 2. The SMILES string of the molecule is Cc1ccc2ccc(C)cc2c1.O=[N+]([O-])c1cc([N+](=O)[O-])c(O)c([N+](=O)[O-])c1O. The Labute approximate surface area is 162 Å². The Hall–Kier alpha value is -4.28. The van der Waals surface area contributed by atoms with Crippen LogP contribution in [0.25, 0.3) is 10.8 Å². The Morgan fingerprint density at radius 3 is 1.41 bits per heavy atom. The van der Waals surface area contributed by atoms with Gasteiger partial charge in [0.2, 0.25) is 0 Å². The molecule has 3 aromatic rings. The number of hydrogen-bond acceptors (Lipinski definition) is 8. The largest absolute Gasteiger partial charge is 0.497 e. The van der Waals surface area contributed by atoms with Crippen molar-refractivity contribution >= 4 is 27.8 Å². The van der Waals surface area contributed by atoms with Crippen molar-refractivity contribution in [1.29, 1.82) is 0 Å². The number of benzene rings is 3. The normalized spacial score (nSPS) is 10.1. The predicted molar refractivity (Wildman–Crippen MR) is 103 cm³/mol. The van der Waals surface area contributed by atoms with E-state index in [4.69, 9.17) is 10.2 Å². The average Bonchev–Trinajstić information content (AvgIpc) is 2.61. The van der Waals surface area contributed by atoms with Crippen molar-refractivity contribution in [1.82, 2.24) is 0 Å². The van der Waals surface area contributed by atoms with Crippen LogP contribution >= 0.6 is 0 Å². The number of aryl methyl sites for hydroxylation is 2. The maximum Gasteiger partial charge on any atom is 0.366 e. The summed E-state index contributed by atoms with van der Waals surface area (Å²) < 4.78 is 0. The van der Waals surface area contributed by atoms with Gasteiger partial charge in [0.25, 0.3) is 11.5 Å². The van der Waals surface area contributed by atoms with Gasteiger partial charge < -0.3 is 10.2 Å². The quantitative estimate of drug-likeness (QED) is 0.483. The maximum absolute atomic E-state index is 10.4. The van der Waals surface area contributed by atoms with Crippen LogP contribution in [-0.4, -0.2) is 25.0 Å². The number of nitro groups is 3. The molecule has 0 aliphatic rings. The predicted octanol–water partition coefficient (Wildman–Crippen LogP) is 4.28. The van der Waals surface area contributed by atoms with Gasteiger partial charge in [-0.3, -0.25) is 30.3 Å². The highest BCUT2D eigenvalue weighted by Gasteiger charge is 2.37. The maximum atomic E-state index is 10.4. The van der Waals surface area contributed by atoms with Crippen LogP contribution in [0.5, 0.6) is 11.5 Å². The van der Waals surface area contributed by atoms with Gasteiger partial charge in [-0.1, -0.05) is 47.5 Å². The fourth-order valence-corrected chi connectivity index (χ4v) is 2.56. The summed E-state index contributed by atoms with van der Waals surface area (Å²) in [5.74, 6) is -2.88. The molecule has 0 aliphatic carbocycles. The summed E-state index contributed by atoms with van der Waals surface area (Å²) in [5.41, 5.74) is -1.30. The standard InChI is InChI=1S/C12H12.C6H3N3O8/c1-9-3-5-11-6-4-10(2)8-12(11)7-9;10-5-2(7(12)13)1-3(8(14)15)6(11)4(5)9(16)17/h3-8H,1-2H3;1,10-11H. The minimum Gasteiger partial charge on any atom is -0.497 e. The molecule has 3 rings (SSSR count). The second kappa shape index (κ2) is 8.17. The molecule has 150 valence electrons. The summed E-state index contributed by atoms with van der Waals surface area (Å²) in [4.78, 5) is 27.4. The molecule has 0 bridgehead atoms. The molecule has 29 heavy (non-hydrogen) atoms. The smallest absolute Gasteiger partial charge is 0.366 e. The number of nitro benzene ring substituents is 3. The van der Waals surface area contributed by atoms with Crippen molar-refractivity contribution in [2.24, 2.45) is 0 Å². The highest BCUT2D eigenvalue weighted by Crippen LogP contribution is 2.47. The van der Waals surface area contributed by atoms with Gasteiger partial charge in [-0.2, -0.15) is 0 Å². The molecule has 0 amide bonds. The first-order valence-corrected chi connectivity index (χ1v) is 8.02. The lowest BCUT2D eigenvalue weighted by atomic mass is 10.1. The number of nitrogens with zero attached hydrogens (tertiary/aromatic N) is 3. The summed E-state index contributed by atoms with van der Waals surface area (Å²) in [5, 5.41) is 52.2. The second-order valence-corrected chi connectivity index (χ2v) is 6.09. The van der Waals surface area contributed by atoms with Crippen LogP contribution in [0, 0.1) is 44.2 Å². The van der Waals surface area contributed by atoms with E-state index < -0.39 is 43.3 Å². The molecule has 0 atom stereocenters. The van der Waals surface area contributed by atoms with E-state index in [2.05, 4.69) is 50.2 Å². The van der Waals surface area contributed by atoms with Crippen LogP contribution in [0.3, 0.4) is 0 Å². The van der Waals surface area contributed by atoms with Crippen molar-refractivity contribution in [3.8, 4) is 11.5 Å². The van der Waals surface area contributed by atoms with E-state index >= 15 is 0 Å². The zero-order valence-corrected chi connectivity index (χ0v) is 15.2. The molecule has 0 aliphatic heterocycles. The Bertz CT molecular complexity index is 1070. The third-order valence-electron chi connectivity index (χ3n) is 3.93. The summed E-state index contributed by atoms with van der Waals surface area (Å²) in [7, 11) is 0. The van der Waals surface area contributed by atoms with E-state index in [-0.39, 0.29) is 6.07 Å². The molecule has 11 nitrogen and oxygen atoms in total. The number of hydrogen-bond donors (Lipinski definition) is 2. The van der Waals surface area contributed by atoms with Crippen LogP contribution in [-0.2, 0) is 0 Å². The fourth-order valence-electron chi connectivity index (χ4n) is 2.56. The van der Waals surface area contributed by atoms with E-state index in [9.17, 15) is 30.3 Å². The van der Waals surface area contributed by atoms with Crippen LogP contribution < -0.4 is 0 Å². The van der Waals surface area contributed by atoms with Gasteiger partial charge >= 0.3 is 17.1 Å². The summed E-state index contributed by atoms with van der Waals surface area (Å²) >= 11 is 0. The molecule has 0 saturated heterocycles. The molecule has 0 fully saturated rings. The van der Waals surface area contributed by atoms with Crippen molar-refractivity contribution in [2.75, 3.05) is 0 Å².